The molecule has 0 amide bonds. The second-order valence-electron chi connectivity index (χ2n) is 2.44. The maximum Gasteiger partial charge on any atom is 0.333 e. The van der Waals surface area contributed by atoms with E-state index in [-0.39, 0.29) is 5.69 Å². The highest BCUT2D eigenvalue weighted by Gasteiger charge is 2.10. The average Bonchev–Trinajstić information content (AvgIpc) is 2.08. The summed E-state index contributed by atoms with van der Waals surface area (Å²) in [6, 6.07) is 0. The fourth-order valence-corrected chi connectivity index (χ4v) is 0.859. The number of anilines is 1. The van der Waals surface area contributed by atoms with Crippen LogP contribution in [0.25, 0.3) is 0 Å². The SMILES string of the molecule is Cn1c(O)c(N)c(=O)n(C)c1=O. The van der Waals surface area contributed by atoms with Crippen LogP contribution in [0.1, 0.15) is 0 Å². The third-order valence-electron chi connectivity index (χ3n) is 1.67. The number of aromatic hydroxyl groups is 1. The molecule has 0 spiro atoms. The lowest BCUT2D eigenvalue weighted by Gasteiger charge is -2.05. The van der Waals surface area contributed by atoms with Crippen LogP contribution in [0.3, 0.4) is 0 Å². The van der Waals surface area contributed by atoms with E-state index in [1.165, 1.54) is 14.1 Å². The molecule has 1 aromatic rings. The first-order chi connectivity index (χ1) is 5.46. The molecular weight excluding hydrogens is 162 g/mol. The van der Waals surface area contributed by atoms with Crippen LogP contribution in [0, 0.1) is 0 Å². The van der Waals surface area contributed by atoms with Gasteiger partial charge in [0.15, 0.2) is 5.69 Å². The smallest absolute Gasteiger partial charge is 0.333 e. The van der Waals surface area contributed by atoms with Gasteiger partial charge < -0.3 is 10.8 Å². The lowest BCUT2D eigenvalue weighted by Crippen LogP contribution is -2.37. The van der Waals surface area contributed by atoms with Crippen molar-refractivity contribution in [3.63, 3.8) is 0 Å². The summed E-state index contributed by atoms with van der Waals surface area (Å²) in [5.74, 6) is -0.497. The molecule has 0 atom stereocenters. The summed E-state index contributed by atoms with van der Waals surface area (Å²) in [6.45, 7) is 0. The first kappa shape index (κ1) is 8.38. The predicted octanol–water partition coefficient (Wildman–Crippen LogP) is -1.63. The molecule has 66 valence electrons. The summed E-state index contributed by atoms with van der Waals surface area (Å²) in [6.07, 6.45) is 0. The first-order valence-corrected chi connectivity index (χ1v) is 3.21. The lowest BCUT2D eigenvalue weighted by molar-refractivity contribution is 0.415. The number of aromatic nitrogens is 2. The zero-order valence-corrected chi connectivity index (χ0v) is 6.74. The van der Waals surface area contributed by atoms with Crippen LogP contribution in [0.2, 0.25) is 0 Å². The average molecular weight is 171 g/mol. The third-order valence-corrected chi connectivity index (χ3v) is 1.67. The molecule has 0 saturated carbocycles. The van der Waals surface area contributed by atoms with Gasteiger partial charge in [0.1, 0.15) is 0 Å². The molecule has 0 fully saturated rings. The van der Waals surface area contributed by atoms with Crippen LogP contribution in [0.4, 0.5) is 5.69 Å². The summed E-state index contributed by atoms with van der Waals surface area (Å²) in [5.41, 5.74) is 3.60. The van der Waals surface area contributed by atoms with E-state index < -0.39 is 17.1 Å². The van der Waals surface area contributed by atoms with E-state index in [1.54, 1.807) is 0 Å². The fourth-order valence-electron chi connectivity index (χ4n) is 0.859. The Bertz CT molecular complexity index is 392. The van der Waals surface area contributed by atoms with Crippen molar-refractivity contribution in [2.75, 3.05) is 5.73 Å². The second kappa shape index (κ2) is 2.40. The molecule has 0 aromatic carbocycles. The number of nitrogen functional groups attached to an aromatic ring is 1. The van der Waals surface area contributed by atoms with Gasteiger partial charge in [0, 0.05) is 14.1 Å². The van der Waals surface area contributed by atoms with Gasteiger partial charge in [0.05, 0.1) is 0 Å². The second-order valence-corrected chi connectivity index (χ2v) is 2.44. The van der Waals surface area contributed by atoms with E-state index in [1.807, 2.05) is 0 Å². The Labute approximate surface area is 67.5 Å². The summed E-state index contributed by atoms with van der Waals surface area (Å²) in [4.78, 5) is 22.1. The molecule has 0 aliphatic heterocycles. The van der Waals surface area contributed by atoms with Crippen molar-refractivity contribution in [1.82, 2.24) is 9.13 Å². The van der Waals surface area contributed by atoms with E-state index >= 15 is 0 Å². The zero-order valence-electron chi connectivity index (χ0n) is 6.74. The van der Waals surface area contributed by atoms with Gasteiger partial charge in [-0.3, -0.25) is 13.9 Å². The van der Waals surface area contributed by atoms with Crippen molar-refractivity contribution in [3.8, 4) is 5.88 Å². The molecule has 0 saturated heterocycles. The van der Waals surface area contributed by atoms with Gasteiger partial charge in [0.2, 0.25) is 5.88 Å². The van der Waals surface area contributed by atoms with Crippen LogP contribution in [0.15, 0.2) is 9.59 Å². The van der Waals surface area contributed by atoms with E-state index in [0.29, 0.717) is 0 Å². The molecular formula is C6H9N3O3. The van der Waals surface area contributed by atoms with Crippen molar-refractivity contribution in [3.05, 3.63) is 20.8 Å². The van der Waals surface area contributed by atoms with Crippen LogP contribution in [0.5, 0.6) is 5.88 Å². The Hall–Kier alpha value is -1.72. The molecule has 1 rings (SSSR count). The van der Waals surface area contributed by atoms with Crippen LogP contribution < -0.4 is 17.0 Å². The molecule has 1 heterocycles. The Morgan fingerprint density at radius 1 is 1.25 bits per heavy atom. The van der Waals surface area contributed by atoms with Crippen molar-refractivity contribution in [2.45, 2.75) is 0 Å². The summed E-state index contributed by atoms with van der Waals surface area (Å²) in [5, 5.41) is 9.12. The van der Waals surface area contributed by atoms with E-state index in [2.05, 4.69) is 0 Å². The van der Waals surface area contributed by atoms with Crippen molar-refractivity contribution >= 4 is 5.69 Å². The highest BCUT2D eigenvalue weighted by Crippen LogP contribution is 2.08. The summed E-state index contributed by atoms with van der Waals surface area (Å²) >= 11 is 0. The minimum absolute atomic E-state index is 0.320. The van der Waals surface area contributed by atoms with Gasteiger partial charge in [0.25, 0.3) is 5.56 Å². The number of nitrogens with zero attached hydrogens (tertiary/aromatic N) is 2. The molecule has 1 aromatic heterocycles. The highest BCUT2D eigenvalue weighted by molar-refractivity contribution is 5.44. The monoisotopic (exact) mass is 171 g/mol. The molecule has 12 heavy (non-hydrogen) atoms. The first-order valence-electron chi connectivity index (χ1n) is 3.21. The fraction of sp³-hybridized carbons (Fsp3) is 0.333. The topological polar surface area (TPSA) is 90.2 Å². The van der Waals surface area contributed by atoms with Gasteiger partial charge >= 0.3 is 5.69 Å². The van der Waals surface area contributed by atoms with Crippen molar-refractivity contribution in [2.24, 2.45) is 14.1 Å². The standard InChI is InChI=1S/C6H9N3O3/c1-8-4(10)3(7)5(11)9(2)6(8)12/h10H,7H2,1-2H3. The van der Waals surface area contributed by atoms with E-state index in [9.17, 15) is 9.59 Å². The van der Waals surface area contributed by atoms with E-state index in [0.717, 1.165) is 9.13 Å². The molecule has 3 N–H and O–H groups in total. The van der Waals surface area contributed by atoms with E-state index in [4.69, 9.17) is 10.8 Å². The van der Waals surface area contributed by atoms with Crippen LogP contribution in [-0.2, 0) is 14.1 Å². The largest absolute Gasteiger partial charge is 0.493 e. The number of rotatable bonds is 0. The third kappa shape index (κ3) is 0.884. The highest BCUT2D eigenvalue weighted by atomic mass is 16.3. The Balaban J connectivity index is 3.86. The Kier molecular flexibility index (Phi) is 1.68. The Morgan fingerprint density at radius 3 is 2.25 bits per heavy atom. The van der Waals surface area contributed by atoms with Gasteiger partial charge in [-0.15, -0.1) is 0 Å². The molecule has 0 unspecified atom stereocenters. The number of nitrogens with two attached hydrogens (primary N) is 1. The van der Waals surface area contributed by atoms with Crippen molar-refractivity contribution in [1.29, 1.82) is 0 Å². The van der Waals surface area contributed by atoms with Gasteiger partial charge in [-0.05, 0) is 0 Å². The Morgan fingerprint density at radius 2 is 1.75 bits per heavy atom. The maximum absolute atomic E-state index is 11.1. The van der Waals surface area contributed by atoms with Gasteiger partial charge in [-0.1, -0.05) is 0 Å². The quantitative estimate of drug-likeness (QED) is 0.490. The number of hydrogen-bond donors (Lipinski definition) is 2. The lowest BCUT2D eigenvalue weighted by atomic mass is 10.5. The molecule has 0 aliphatic rings. The van der Waals surface area contributed by atoms with Gasteiger partial charge in [-0.25, -0.2) is 4.79 Å². The molecule has 6 nitrogen and oxygen atoms in total. The van der Waals surface area contributed by atoms with Crippen LogP contribution in [-0.4, -0.2) is 14.2 Å². The molecule has 0 bridgehead atoms. The normalized spacial score (nSPS) is 10.2. The molecule has 6 heteroatoms. The zero-order chi connectivity index (χ0) is 9.46. The van der Waals surface area contributed by atoms with Crippen LogP contribution >= 0.6 is 0 Å². The molecule has 0 aliphatic carbocycles. The minimum Gasteiger partial charge on any atom is -0.493 e. The van der Waals surface area contributed by atoms with Crippen molar-refractivity contribution < 1.29 is 5.11 Å². The summed E-state index contributed by atoms with van der Waals surface area (Å²) in [7, 11) is 2.62. The minimum atomic E-state index is -0.685. The van der Waals surface area contributed by atoms with Gasteiger partial charge in [-0.2, -0.15) is 0 Å². The molecule has 0 radical (unpaired) electrons. The summed E-state index contributed by atoms with van der Waals surface area (Å²) < 4.78 is 1.73. The number of hydrogen-bond acceptors (Lipinski definition) is 4. The maximum atomic E-state index is 11.1. The predicted molar refractivity (Wildman–Crippen MR) is 43.0 cm³/mol.